The van der Waals surface area contributed by atoms with Gasteiger partial charge in [-0.3, -0.25) is 0 Å². The summed E-state index contributed by atoms with van der Waals surface area (Å²) in [6, 6.07) is 0. The van der Waals surface area contributed by atoms with Crippen molar-refractivity contribution in [2.75, 3.05) is 13.3 Å². The van der Waals surface area contributed by atoms with Crippen molar-refractivity contribution in [2.24, 2.45) is 0 Å². The summed E-state index contributed by atoms with van der Waals surface area (Å²) in [5.74, 6) is 0. The molecule has 0 heterocycles. The molecule has 2 heteroatoms. The van der Waals surface area contributed by atoms with Crippen LogP contribution < -0.4 is 0 Å². The van der Waals surface area contributed by atoms with E-state index < -0.39 is 7.11 Å². The van der Waals surface area contributed by atoms with Crippen LogP contribution >= 0.6 is 7.11 Å². The quantitative estimate of drug-likeness (QED) is 0.434. The number of hydrogen-bond acceptors (Lipinski definition) is 1. The molecule has 0 rings (SSSR count). The average Bonchev–Trinajstić information content (AvgIpc) is 0.722. The molecule has 1 N–H and O–H groups in total. The van der Waals surface area contributed by atoms with Crippen LogP contribution in [0.2, 0.25) is 0 Å². The average molecular weight is 92.1 g/mol. The molecule has 0 aliphatic heterocycles. The molecule has 0 unspecified atom stereocenters. The summed E-state index contributed by atoms with van der Waals surface area (Å²) in [4.78, 5) is 8.52. The van der Waals surface area contributed by atoms with Crippen LogP contribution in [0, 0.1) is 0 Å². The van der Waals surface area contributed by atoms with E-state index in [1.807, 2.05) is 0 Å². The Morgan fingerprint density at radius 3 is 1.60 bits per heavy atom. The molecule has 5 heavy (non-hydrogen) atoms. The lowest BCUT2D eigenvalue weighted by Gasteiger charge is -1.95. The Labute approximate surface area is 32.7 Å². The van der Waals surface area contributed by atoms with E-state index in [0.29, 0.717) is 0 Å². The maximum absolute atomic E-state index is 8.52. The largest absolute Gasteiger partial charge is 0.377 e. The van der Waals surface area contributed by atoms with Crippen molar-refractivity contribution in [1.29, 1.82) is 0 Å². The van der Waals surface area contributed by atoms with Crippen LogP contribution in [0.3, 0.4) is 0 Å². The Hall–Kier alpha value is 0.260. The van der Waals surface area contributed by atoms with Gasteiger partial charge < -0.3 is 4.89 Å². The molecule has 0 aromatic heterocycles. The van der Waals surface area contributed by atoms with Gasteiger partial charge in [0.2, 0.25) is 0 Å². The highest BCUT2D eigenvalue weighted by Crippen LogP contribution is 2.26. The standard InChI is InChI=1S/C3H9OP/c1-5(2,3)4/h4H,1H2,2-3H3. The Morgan fingerprint density at radius 2 is 1.60 bits per heavy atom. The molecule has 0 fully saturated rings. The monoisotopic (exact) mass is 92.0 g/mol. The smallest absolute Gasteiger partial charge is 0.00790 e. The fourth-order valence-corrected chi connectivity index (χ4v) is 0. The molecule has 0 aromatic rings. The van der Waals surface area contributed by atoms with Crippen molar-refractivity contribution in [3.63, 3.8) is 0 Å². The van der Waals surface area contributed by atoms with Gasteiger partial charge >= 0.3 is 0 Å². The summed E-state index contributed by atoms with van der Waals surface area (Å²) in [6.45, 7) is 3.49. The molecule has 0 aliphatic rings. The zero-order valence-corrected chi connectivity index (χ0v) is 4.50. The number of rotatable bonds is 0. The van der Waals surface area contributed by atoms with Crippen LogP contribution in [0.1, 0.15) is 0 Å². The third kappa shape index (κ3) is 322. The van der Waals surface area contributed by atoms with Crippen LogP contribution in [0.25, 0.3) is 0 Å². The van der Waals surface area contributed by atoms with Gasteiger partial charge in [-0.1, -0.05) is 6.30 Å². The molecule has 32 valence electrons. The summed E-state index contributed by atoms with van der Waals surface area (Å²) >= 11 is 0. The van der Waals surface area contributed by atoms with Gasteiger partial charge in [-0.05, 0) is 20.4 Å². The highest BCUT2D eigenvalue weighted by Gasteiger charge is 1.81. The zero-order valence-electron chi connectivity index (χ0n) is 3.60. The molecule has 0 saturated heterocycles. The predicted octanol–water partition coefficient (Wildman–Crippen LogP) is 0.603. The third-order valence-corrected chi connectivity index (χ3v) is 0. The van der Waals surface area contributed by atoms with E-state index in [-0.39, 0.29) is 0 Å². The van der Waals surface area contributed by atoms with E-state index in [4.69, 9.17) is 4.89 Å². The normalized spacial score (nSPS) is 11.8. The first kappa shape index (κ1) is 5.26. The molecule has 0 atom stereocenters. The van der Waals surface area contributed by atoms with Gasteiger partial charge in [-0.15, -0.1) is 0 Å². The Bertz CT molecular complexity index is 53.0. The predicted molar refractivity (Wildman–Crippen MR) is 28.1 cm³/mol. The molecule has 0 radical (unpaired) electrons. The fourth-order valence-electron chi connectivity index (χ4n) is 0. The van der Waals surface area contributed by atoms with E-state index in [2.05, 4.69) is 6.30 Å². The van der Waals surface area contributed by atoms with E-state index in [1.54, 1.807) is 13.3 Å². The molecule has 0 bridgehead atoms. The first-order valence-corrected chi connectivity index (χ1v) is 4.23. The Morgan fingerprint density at radius 1 is 1.60 bits per heavy atom. The second-order valence-electron chi connectivity index (χ2n) is 1.62. The van der Waals surface area contributed by atoms with Crippen molar-refractivity contribution >= 4 is 13.4 Å². The lowest BCUT2D eigenvalue weighted by Crippen LogP contribution is -1.64. The topological polar surface area (TPSA) is 20.2 Å². The molecule has 0 amide bonds. The van der Waals surface area contributed by atoms with Gasteiger partial charge in [-0.25, -0.2) is 0 Å². The van der Waals surface area contributed by atoms with Gasteiger partial charge in [0.25, 0.3) is 0 Å². The van der Waals surface area contributed by atoms with Crippen LogP contribution in [0.15, 0.2) is 0 Å². The van der Waals surface area contributed by atoms with E-state index in [1.165, 1.54) is 0 Å². The summed E-state index contributed by atoms with van der Waals surface area (Å²) in [5, 5.41) is 0. The number of hydrogen-bond donors (Lipinski definition) is 1. The summed E-state index contributed by atoms with van der Waals surface area (Å²) < 4.78 is 0. The molecule has 0 saturated carbocycles. The van der Waals surface area contributed by atoms with Gasteiger partial charge in [-0.2, -0.15) is 0 Å². The lowest BCUT2D eigenvalue weighted by atomic mass is 11.9. The van der Waals surface area contributed by atoms with Crippen molar-refractivity contribution in [2.45, 2.75) is 0 Å². The maximum atomic E-state index is 8.52. The minimum absolute atomic E-state index is 1.64. The van der Waals surface area contributed by atoms with E-state index in [0.717, 1.165) is 0 Å². The minimum atomic E-state index is -1.64. The molecular formula is C3H9OP. The Balaban J connectivity index is 3.47. The van der Waals surface area contributed by atoms with Crippen molar-refractivity contribution in [1.82, 2.24) is 0 Å². The van der Waals surface area contributed by atoms with Crippen molar-refractivity contribution < 1.29 is 4.89 Å². The fraction of sp³-hybridized carbons (Fsp3) is 0.667. The minimum Gasteiger partial charge on any atom is -0.377 e. The first-order chi connectivity index (χ1) is 2.00. The van der Waals surface area contributed by atoms with Crippen LogP contribution in [-0.2, 0) is 0 Å². The summed E-state index contributed by atoms with van der Waals surface area (Å²) in [6.07, 6.45) is 3.44. The Kier molecular flexibility index (Phi) is 1.22. The van der Waals surface area contributed by atoms with Crippen LogP contribution in [0.4, 0.5) is 0 Å². The van der Waals surface area contributed by atoms with Gasteiger partial charge in [0.15, 0.2) is 0 Å². The van der Waals surface area contributed by atoms with Gasteiger partial charge in [0, 0.05) is 0 Å². The third-order valence-electron chi connectivity index (χ3n) is 0. The van der Waals surface area contributed by atoms with Gasteiger partial charge in [0.05, 0.1) is 0 Å². The van der Waals surface area contributed by atoms with Crippen molar-refractivity contribution in [3.05, 3.63) is 0 Å². The van der Waals surface area contributed by atoms with Crippen LogP contribution in [-0.4, -0.2) is 24.5 Å². The first-order valence-electron chi connectivity index (χ1n) is 1.41. The van der Waals surface area contributed by atoms with E-state index in [9.17, 15) is 0 Å². The lowest BCUT2D eigenvalue weighted by molar-refractivity contribution is 0.633. The van der Waals surface area contributed by atoms with Gasteiger partial charge in [0.1, 0.15) is 0 Å². The molecule has 0 aliphatic carbocycles. The highest BCUT2D eigenvalue weighted by molar-refractivity contribution is 7.66. The SMILES string of the molecule is C=P(C)(C)O. The second kappa shape index (κ2) is 1.16. The molecule has 1 nitrogen and oxygen atoms in total. The summed E-state index contributed by atoms with van der Waals surface area (Å²) in [7, 11) is -1.64. The molecular weight excluding hydrogens is 83.0 g/mol. The molecule has 0 aromatic carbocycles. The van der Waals surface area contributed by atoms with Crippen LogP contribution in [0.5, 0.6) is 0 Å². The van der Waals surface area contributed by atoms with Crippen molar-refractivity contribution in [3.8, 4) is 0 Å². The van der Waals surface area contributed by atoms with E-state index >= 15 is 0 Å². The molecule has 0 spiro atoms. The maximum Gasteiger partial charge on any atom is -0.00790 e. The summed E-state index contributed by atoms with van der Waals surface area (Å²) in [5.41, 5.74) is 0. The zero-order chi connectivity index (χ0) is 4.50. The second-order valence-corrected chi connectivity index (χ2v) is 4.86. The highest BCUT2D eigenvalue weighted by atomic mass is 31.2.